The van der Waals surface area contributed by atoms with E-state index < -0.39 is 0 Å². The monoisotopic (exact) mass is 491 g/mol. The molecule has 0 N–H and O–H groups in total. The van der Waals surface area contributed by atoms with Gasteiger partial charge in [0.05, 0.1) is 0 Å². The first-order valence-electron chi connectivity index (χ1n) is 13.6. The van der Waals surface area contributed by atoms with Crippen LogP contribution in [0.4, 0.5) is 11.4 Å². The number of anilines is 2. The lowest BCUT2D eigenvalue weighted by Crippen LogP contribution is -2.43. The predicted molar refractivity (Wildman–Crippen MR) is 155 cm³/mol. The lowest BCUT2D eigenvalue weighted by Gasteiger charge is -2.40. The molecule has 4 aromatic carbocycles. The van der Waals surface area contributed by atoms with E-state index in [1.807, 2.05) is 30.9 Å². The van der Waals surface area contributed by atoms with E-state index in [2.05, 4.69) is 94.7 Å². The first-order chi connectivity index (χ1) is 18.2. The van der Waals surface area contributed by atoms with Crippen molar-refractivity contribution in [3.05, 3.63) is 108 Å². The molecular formula is C33H37N3O. The number of carbonyl (C=O) groups excluding carboxylic acids is 1. The highest BCUT2D eigenvalue weighted by atomic mass is 16.2. The van der Waals surface area contributed by atoms with Crippen LogP contribution in [0.5, 0.6) is 0 Å². The summed E-state index contributed by atoms with van der Waals surface area (Å²) < 4.78 is 0. The molecule has 1 aliphatic heterocycles. The molecule has 4 heteroatoms. The number of hydrogen-bond acceptors (Lipinski definition) is 3. The van der Waals surface area contributed by atoms with Gasteiger partial charge in [-0.15, -0.1) is 0 Å². The van der Waals surface area contributed by atoms with Crippen LogP contribution < -0.4 is 4.90 Å². The number of fused-ring (bicyclic) bond motifs is 1. The predicted octanol–water partition coefficient (Wildman–Crippen LogP) is 7.12. The van der Waals surface area contributed by atoms with Crippen LogP contribution in [0, 0.1) is 0 Å². The second-order valence-corrected chi connectivity index (χ2v) is 9.89. The van der Waals surface area contributed by atoms with Gasteiger partial charge >= 0.3 is 0 Å². The van der Waals surface area contributed by atoms with Crippen LogP contribution in [0.15, 0.2) is 97.1 Å². The molecule has 0 unspecified atom stereocenters. The van der Waals surface area contributed by atoms with Gasteiger partial charge in [-0.25, -0.2) is 0 Å². The van der Waals surface area contributed by atoms with Gasteiger partial charge in [-0.05, 0) is 68.0 Å². The quantitative estimate of drug-likeness (QED) is 0.262. The summed E-state index contributed by atoms with van der Waals surface area (Å²) in [5.74, 6) is 0.0995. The average molecular weight is 492 g/mol. The summed E-state index contributed by atoms with van der Waals surface area (Å²) in [4.78, 5) is 19.9. The minimum Gasteiger partial charge on any atom is -0.339 e. The third-order valence-corrected chi connectivity index (χ3v) is 7.64. The van der Waals surface area contributed by atoms with Crippen LogP contribution in [0.2, 0.25) is 0 Å². The molecule has 0 radical (unpaired) electrons. The van der Waals surface area contributed by atoms with Crippen molar-refractivity contribution in [1.82, 2.24) is 9.80 Å². The van der Waals surface area contributed by atoms with Crippen molar-refractivity contribution in [2.24, 2.45) is 0 Å². The summed E-state index contributed by atoms with van der Waals surface area (Å²) in [6.45, 7) is 8.65. The molecule has 0 atom stereocenters. The van der Waals surface area contributed by atoms with Crippen LogP contribution in [-0.2, 0) is 6.54 Å². The Balaban J connectivity index is 1.44. The zero-order valence-corrected chi connectivity index (χ0v) is 22.0. The second kappa shape index (κ2) is 11.6. The van der Waals surface area contributed by atoms with E-state index in [1.54, 1.807) is 0 Å². The van der Waals surface area contributed by atoms with Gasteiger partial charge in [-0.1, -0.05) is 66.7 Å². The molecule has 4 nitrogen and oxygen atoms in total. The molecule has 0 spiro atoms. The molecule has 1 saturated heterocycles. The molecular weight excluding hydrogens is 454 g/mol. The normalized spacial score (nSPS) is 14.5. The maximum Gasteiger partial charge on any atom is 0.253 e. The summed E-state index contributed by atoms with van der Waals surface area (Å²) in [6.07, 6.45) is 2.19. The molecule has 5 rings (SSSR count). The third kappa shape index (κ3) is 5.55. The lowest BCUT2D eigenvalue weighted by molar-refractivity contribution is 0.0773. The van der Waals surface area contributed by atoms with Crippen LogP contribution in [0.25, 0.3) is 10.8 Å². The van der Waals surface area contributed by atoms with Crippen molar-refractivity contribution in [1.29, 1.82) is 0 Å². The van der Waals surface area contributed by atoms with Gasteiger partial charge in [0.15, 0.2) is 0 Å². The molecule has 4 aromatic rings. The van der Waals surface area contributed by atoms with Gasteiger partial charge in [-0.3, -0.25) is 9.69 Å². The fourth-order valence-corrected chi connectivity index (χ4v) is 5.60. The Morgan fingerprint density at radius 1 is 0.784 bits per heavy atom. The highest BCUT2D eigenvalue weighted by Gasteiger charge is 2.27. The first-order valence-corrected chi connectivity index (χ1v) is 13.6. The van der Waals surface area contributed by atoms with Crippen molar-refractivity contribution in [2.45, 2.75) is 39.3 Å². The smallest absolute Gasteiger partial charge is 0.253 e. The van der Waals surface area contributed by atoms with Crippen molar-refractivity contribution < 1.29 is 4.79 Å². The standard InChI is InChI=1S/C33H37N3O/c1-3-35(4-2)33(37)28-17-19-29(20-18-28)36(32-16-10-14-27-13-8-9-15-31(27)32)30-21-23-34(24-22-30)25-26-11-6-5-7-12-26/h5-20,30H,3-4,21-25H2,1-2H3. The molecule has 0 aliphatic carbocycles. The van der Waals surface area contributed by atoms with Crippen LogP contribution in [0.3, 0.4) is 0 Å². The Morgan fingerprint density at radius 2 is 1.43 bits per heavy atom. The Labute approximate surface area is 221 Å². The maximum atomic E-state index is 12.9. The largest absolute Gasteiger partial charge is 0.339 e. The summed E-state index contributed by atoms with van der Waals surface area (Å²) >= 11 is 0. The summed E-state index contributed by atoms with van der Waals surface area (Å²) in [5.41, 5.74) is 4.51. The molecule has 0 aromatic heterocycles. The molecule has 190 valence electrons. The molecule has 0 saturated carbocycles. The number of benzene rings is 4. The summed E-state index contributed by atoms with van der Waals surface area (Å²) in [5, 5.41) is 2.51. The van der Waals surface area contributed by atoms with Gasteiger partial charge in [0.25, 0.3) is 5.91 Å². The molecule has 1 heterocycles. The number of rotatable bonds is 8. The van der Waals surface area contributed by atoms with Crippen LogP contribution in [-0.4, -0.2) is 47.9 Å². The van der Waals surface area contributed by atoms with E-state index in [0.717, 1.165) is 56.8 Å². The van der Waals surface area contributed by atoms with Crippen molar-refractivity contribution in [3.63, 3.8) is 0 Å². The fourth-order valence-electron chi connectivity index (χ4n) is 5.60. The number of amides is 1. The highest BCUT2D eigenvalue weighted by Crippen LogP contribution is 2.37. The molecule has 0 bridgehead atoms. The van der Waals surface area contributed by atoms with Crippen molar-refractivity contribution in [3.8, 4) is 0 Å². The number of piperidine rings is 1. The fraction of sp³-hybridized carbons (Fsp3) is 0.303. The van der Waals surface area contributed by atoms with Gasteiger partial charge in [0.1, 0.15) is 0 Å². The maximum absolute atomic E-state index is 12.9. The highest BCUT2D eigenvalue weighted by molar-refractivity contribution is 5.97. The van der Waals surface area contributed by atoms with Gasteiger partial charge in [0, 0.05) is 61.1 Å². The van der Waals surface area contributed by atoms with Crippen molar-refractivity contribution in [2.75, 3.05) is 31.1 Å². The minimum atomic E-state index is 0.0995. The zero-order chi connectivity index (χ0) is 25.6. The Bertz CT molecular complexity index is 1300. The molecule has 1 fully saturated rings. The Hall–Kier alpha value is -3.63. The van der Waals surface area contributed by atoms with Gasteiger partial charge < -0.3 is 9.80 Å². The first kappa shape index (κ1) is 25.0. The number of nitrogens with zero attached hydrogens (tertiary/aromatic N) is 3. The van der Waals surface area contributed by atoms with Crippen LogP contribution in [0.1, 0.15) is 42.6 Å². The number of likely N-dealkylation sites (tertiary alicyclic amines) is 1. The van der Waals surface area contributed by atoms with E-state index in [4.69, 9.17) is 0 Å². The summed E-state index contributed by atoms with van der Waals surface area (Å²) in [7, 11) is 0. The SMILES string of the molecule is CCN(CC)C(=O)c1ccc(N(c2cccc3ccccc23)C2CCN(Cc3ccccc3)CC2)cc1. The molecule has 1 aliphatic rings. The number of hydrogen-bond donors (Lipinski definition) is 0. The second-order valence-electron chi connectivity index (χ2n) is 9.89. The zero-order valence-electron chi connectivity index (χ0n) is 22.0. The average Bonchev–Trinajstić information content (AvgIpc) is 2.96. The Morgan fingerprint density at radius 3 is 2.14 bits per heavy atom. The van der Waals surface area contributed by atoms with E-state index in [0.29, 0.717) is 6.04 Å². The third-order valence-electron chi connectivity index (χ3n) is 7.64. The summed E-state index contributed by atoms with van der Waals surface area (Å²) in [6, 6.07) is 34.6. The van der Waals surface area contributed by atoms with E-state index in [1.165, 1.54) is 22.0 Å². The van der Waals surface area contributed by atoms with E-state index in [9.17, 15) is 4.79 Å². The van der Waals surface area contributed by atoms with E-state index in [-0.39, 0.29) is 5.91 Å². The minimum absolute atomic E-state index is 0.0995. The van der Waals surface area contributed by atoms with Crippen molar-refractivity contribution >= 4 is 28.1 Å². The van der Waals surface area contributed by atoms with Gasteiger partial charge in [0.2, 0.25) is 0 Å². The van der Waals surface area contributed by atoms with Gasteiger partial charge in [-0.2, -0.15) is 0 Å². The number of carbonyl (C=O) groups is 1. The van der Waals surface area contributed by atoms with E-state index >= 15 is 0 Å². The topological polar surface area (TPSA) is 26.8 Å². The van der Waals surface area contributed by atoms with Crippen LogP contribution >= 0.6 is 0 Å². The molecule has 37 heavy (non-hydrogen) atoms. The Kier molecular flexibility index (Phi) is 7.86. The molecule has 1 amide bonds. The lowest BCUT2D eigenvalue weighted by atomic mass is 9.98.